The van der Waals surface area contributed by atoms with Crippen LogP contribution in [-0.2, 0) is 9.59 Å². The van der Waals surface area contributed by atoms with Gasteiger partial charge in [-0.05, 0) is 55.2 Å². The van der Waals surface area contributed by atoms with E-state index in [0.717, 1.165) is 23.5 Å². The van der Waals surface area contributed by atoms with Gasteiger partial charge in [0.15, 0.2) is 0 Å². The summed E-state index contributed by atoms with van der Waals surface area (Å²) in [6.07, 6.45) is 1.51. The molecular weight excluding hydrogens is 434 g/mol. The number of nitrogens with zero attached hydrogens (tertiary/aromatic N) is 2. The molecule has 182 valence electrons. The minimum Gasteiger partial charge on any atom is -0.497 e. The number of carbonyl (C=O) groups is 3. The predicted molar refractivity (Wildman–Crippen MR) is 131 cm³/mol. The van der Waals surface area contributed by atoms with Crippen molar-refractivity contribution in [3.63, 3.8) is 0 Å². The second-order valence-electron chi connectivity index (χ2n) is 8.67. The number of rotatable bonds is 11. The van der Waals surface area contributed by atoms with Crippen LogP contribution in [0.4, 0.5) is 16.2 Å². The van der Waals surface area contributed by atoms with Crippen molar-refractivity contribution >= 4 is 29.2 Å². The largest absolute Gasteiger partial charge is 0.497 e. The third kappa shape index (κ3) is 6.07. The number of nitrogens with one attached hydrogen (secondary N) is 1. The van der Waals surface area contributed by atoms with E-state index in [2.05, 4.69) is 19.2 Å². The van der Waals surface area contributed by atoms with E-state index in [1.54, 1.807) is 48.5 Å². The van der Waals surface area contributed by atoms with Gasteiger partial charge in [0.1, 0.15) is 17.5 Å². The molecule has 4 amide bonds. The molecule has 0 saturated carbocycles. The van der Waals surface area contributed by atoms with E-state index in [4.69, 9.17) is 9.47 Å². The fraction of sp³-hybridized carbons (Fsp3) is 0.423. The maximum absolute atomic E-state index is 13.3. The lowest BCUT2D eigenvalue weighted by Crippen LogP contribution is -2.39. The fourth-order valence-corrected chi connectivity index (χ4v) is 3.71. The summed E-state index contributed by atoms with van der Waals surface area (Å²) in [6.45, 7) is 7.16. The van der Waals surface area contributed by atoms with Crippen LogP contribution in [0.2, 0.25) is 0 Å². The second kappa shape index (κ2) is 11.5. The molecule has 8 heteroatoms. The van der Waals surface area contributed by atoms with Gasteiger partial charge in [-0.3, -0.25) is 9.59 Å². The highest BCUT2D eigenvalue weighted by Crippen LogP contribution is 2.30. The van der Waals surface area contributed by atoms with E-state index in [-0.39, 0.29) is 12.3 Å². The second-order valence-corrected chi connectivity index (χ2v) is 8.67. The van der Waals surface area contributed by atoms with Crippen LogP contribution in [0.25, 0.3) is 0 Å². The monoisotopic (exact) mass is 467 g/mol. The van der Waals surface area contributed by atoms with Crippen LogP contribution >= 0.6 is 0 Å². The van der Waals surface area contributed by atoms with Gasteiger partial charge >= 0.3 is 6.03 Å². The number of urea groups is 1. The first-order chi connectivity index (χ1) is 16.3. The molecule has 1 aliphatic rings. The van der Waals surface area contributed by atoms with Gasteiger partial charge in [0.25, 0.3) is 5.91 Å². The lowest BCUT2D eigenvalue weighted by atomic mass is 10.1. The smallest absolute Gasteiger partial charge is 0.332 e. The Bertz CT molecular complexity index is 1010. The molecule has 1 N–H and O–H groups in total. The molecule has 1 saturated heterocycles. The van der Waals surface area contributed by atoms with Crippen LogP contribution in [0.5, 0.6) is 11.5 Å². The van der Waals surface area contributed by atoms with Gasteiger partial charge in [-0.2, -0.15) is 0 Å². The van der Waals surface area contributed by atoms with Crippen molar-refractivity contribution in [2.75, 3.05) is 30.5 Å². The summed E-state index contributed by atoms with van der Waals surface area (Å²) in [7, 11) is 1.53. The van der Waals surface area contributed by atoms with Crippen LogP contribution in [0.1, 0.15) is 40.0 Å². The lowest BCUT2D eigenvalue weighted by molar-refractivity contribution is -0.124. The maximum Gasteiger partial charge on any atom is 0.332 e. The van der Waals surface area contributed by atoms with Gasteiger partial charge in [0, 0.05) is 18.3 Å². The SMILES string of the molecule is CCCOc1ccc(NC(=O)C[C@@H]2C(=O)N(c3cccc(OC)c3)C(=O)N2CCC(C)C)cc1. The molecule has 1 heterocycles. The molecule has 3 rings (SSSR count). The van der Waals surface area contributed by atoms with Crippen LogP contribution in [-0.4, -0.2) is 49.0 Å². The van der Waals surface area contributed by atoms with Crippen LogP contribution in [0.3, 0.4) is 0 Å². The topological polar surface area (TPSA) is 88.2 Å². The van der Waals surface area contributed by atoms with Crippen molar-refractivity contribution in [1.29, 1.82) is 0 Å². The highest BCUT2D eigenvalue weighted by Gasteiger charge is 2.46. The van der Waals surface area contributed by atoms with Gasteiger partial charge in [0.05, 0.1) is 25.8 Å². The van der Waals surface area contributed by atoms with Gasteiger partial charge in [-0.1, -0.05) is 26.8 Å². The Hall–Kier alpha value is -3.55. The van der Waals surface area contributed by atoms with E-state index in [1.165, 1.54) is 12.0 Å². The molecule has 0 radical (unpaired) electrons. The summed E-state index contributed by atoms with van der Waals surface area (Å²) in [4.78, 5) is 42.1. The number of benzene rings is 2. The van der Waals surface area contributed by atoms with Gasteiger partial charge in [0.2, 0.25) is 5.91 Å². The first kappa shape index (κ1) is 25.1. The minimum absolute atomic E-state index is 0.128. The molecule has 8 nitrogen and oxygen atoms in total. The first-order valence-electron chi connectivity index (χ1n) is 11.6. The Labute approximate surface area is 200 Å². The third-order valence-corrected chi connectivity index (χ3v) is 5.57. The molecule has 2 aromatic carbocycles. The van der Waals surface area contributed by atoms with Gasteiger partial charge in [-0.25, -0.2) is 9.69 Å². The zero-order valence-corrected chi connectivity index (χ0v) is 20.2. The number of ether oxygens (including phenoxy) is 2. The molecule has 2 aromatic rings. The number of hydrogen-bond donors (Lipinski definition) is 1. The van der Waals surface area contributed by atoms with E-state index in [9.17, 15) is 14.4 Å². The number of imide groups is 1. The molecule has 1 atom stereocenters. The van der Waals surface area contributed by atoms with Crippen molar-refractivity contribution in [2.45, 2.75) is 46.1 Å². The van der Waals surface area contributed by atoms with E-state index in [1.807, 2.05) is 6.92 Å². The Morgan fingerprint density at radius 3 is 2.47 bits per heavy atom. The minimum atomic E-state index is -0.871. The average molecular weight is 468 g/mol. The Balaban J connectivity index is 1.75. The molecule has 0 spiro atoms. The zero-order valence-electron chi connectivity index (χ0n) is 20.2. The zero-order chi connectivity index (χ0) is 24.7. The Morgan fingerprint density at radius 1 is 1.09 bits per heavy atom. The van der Waals surface area contributed by atoms with E-state index in [0.29, 0.717) is 36.2 Å². The van der Waals surface area contributed by atoms with Crippen molar-refractivity contribution in [3.05, 3.63) is 48.5 Å². The molecule has 0 bridgehead atoms. The summed E-state index contributed by atoms with van der Waals surface area (Å²) in [5.74, 6) is 0.858. The van der Waals surface area contributed by atoms with Gasteiger partial charge < -0.3 is 19.7 Å². The Morgan fingerprint density at radius 2 is 1.82 bits per heavy atom. The van der Waals surface area contributed by atoms with Gasteiger partial charge in [-0.15, -0.1) is 0 Å². The summed E-state index contributed by atoms with van der Waals surface area (Å²) in [5, 5.41) is 2.82. The van der Waals surface area contributed by atoms with E-state index >= 15 is 0 Å². The summed E-state index contributed by atoms with van der Waals surface area (Å²) >= 11 is 0. The summed E-state index contributed by atoms with van der Waals surface area (Å²) in [6, 6.07) is 12.6. The van der Waals surface area contributed by atoms with Crippen LogP contribution in [0.15, 0.2) is 48.5 Å². The lowest BCUT2D eigenvalue weighted by Gasteiger charge is -2.22. The Kier molecular flexibility index (Phi) is 8.51. The summed E-state index contributed by atoms with van der Waals surface area (Å²) in [5.41, 5.74) is 1.03. The van der Waals surface area contributed by atoms with Crippen molar-refractivity contribution in [2.24, 2.45) is 5.92 Å². The quantitative estimate of drug-likeness (QED) is 0.484. The highest BCUT2D eigenvalue weighted by molar-refractivity contribution is 6.22. The molecule has 1 fully saturated rings. The molecule has 0 unspecified atom stereocenters. The maximum atomic E-state index is 13.3. The number of carbonyl (C=O) groups excluding carboxylic acids is 3. The molecule has 34 heavy (non-hydrogen) atoms. The molecule has 1 aliphatic heterocycles. The van der Waals surface area contributed by atoms with Crippen molar-refractivity contribution in [1.82, 2.24) is 4.90 Å². The highest BCUT2D eigenvalue weighted by atomic mass is 16.5. The van der Waals surface area contributed by atoms with Crippen LogP contribution in [0, 0.1) is 5.92 Å². The number of anilines is 2. The first-order valence-corrected chi connectivity index (χ1v) is 11.6. The number of hydrogen-bond acceptors (Lipinski definition) is 5. The van der Waals surface area contributed by atoms with E-state index < -0.39 is 18.0 Å². The fourth-order valence-electron chi connectivity index (χ4n) is 3.71. The average Bonchev–Trinajstić information content (AvgIpc) is 3.05. The molecule has 0 aromatic heterocycles. The molecular formula is C26H33N3O5. The number of amides is 4. The standard InChI is InChI=1S/C26H33N3O5/c1-5-15-34-21-11-9-19(10-12-21)27-24(30)17-23-25(31)29(20-7-6-8-22(16-20)33-4)26(32)28(23)14-13-18(2)3/h6-12,16,18,23H,5,13-15,17H2,1-4H3,(H,27,30)/t23-/m1/s1. The molecule has 0 aliphatic carbocycles. The summed E-state index contributed by atoms with van der Waals surface area (Å²) < 4.78 is 10.8. The van der Waals surface area contributed by atoms with Crippen LogP contribution < -0.4 is 19.7 Å². The third-order valence-electron chi connectivity index (χ3n) is 5.57. The van der Waals surface area contributed by atoms with Crippen molar-refractivity contribution < 1.29 is 23.9 Å². The van der Waals surface area contributed by atoms with Crippen molar-refractivity contribution in [3.8, 4) is 11.5 Å². The predicted octanol–water partition coefficient (Wildman–Crippen LogP) is 4.70. The number of methoxy groups -OCH3 is 1. The normalized spacial score (nSPS) is 15.7.